The summed E-state index contributed by atoms with van der Waals surface area (Å²) in [5, 5.41) is 9.50. The van der Waals surface area contributed by atoms with Gasteiger partial charge < -0.3 is 9.32 Å². The summed E-state index contributed by atoms with van der Waals surface area (Å²) < 4.78 is 8.89. The number of nitrogens with zero attached hydrogens (tertiary/aromatic N) is 6. The number of aromatic nitrogens is 4. The molecule has 0 aliphatic carbocycles. The van der Waals surface area contributed by atoms with Gasteiger partial charge in [0.2, 0.25) is 0 Å². The van der Waals surface area contributed by atoms with Crippen LogP contribution in [0.5, 0.6) is 0 Å². The Hall–Kier alpha value is -2.58. The molecule has 28 heavy (non-hydrogen) atoms. The van der Waals surface area contributed by atoms with Crippen molar-refractivity contribution in [2.45, 2.75) is 27.1 Å². The van der Waals surface area contributed by atoms with Crippen molar-refractivity contribution in [3.63, 3.8) is 0 Å². The summed E-state index contributed by atoms with van der Waals surface area (Å²) in [6.07, 6.45) is 3.48. The van der Waals surface area contributed by atoms with E-state index in [-0.39, 0.29) is 5.91 Å². The van der Waals surface area contributed by atoms with Crippen molar-refractivity contribution in [2.24, 2.45) is 0 Å². The van der Waals surface area contributed by atoms with Gasteiger partial charge in [-0.1, -0.05) is 11.6 Å². The SMILES string of the molecule is Cc1nn(Cn2ccc(C(=O)N3CCN(Cc4ccco4)CC3)n2)c(C)c1Cl. The first kappa shape index (κ1) is 18.8. The van der Waals surface area contributed by atoms with Crippen LogP contribution in [-0.2, 0) is 13.2 Å². The third-order valence-corrected chi connectivity index (χ3v) is 5.60. The quantitative estimate of drug-likeness (QED) is 0.655. The highest BCUT2D eigenvalue weighted by Gasteiger charge is 2.24. The number of halogens is 1. The van der Waals surface area contributed by atoms with Gasteiger partial charge in [-0.15, -0.1) is 0 Å². The fourth-order valence-corrected chi connectivity index (χ4v) is 3.53. The van der Waals surface area contributed by atoms with Crippen molar-refractivity contribution < 1.29 is 9.21 Å². The fraction of sp³-hybridized carbons (Fsp3) is 0.421. The molecule has 0 spiro atoms. The summed E-state index contributed by atoms with van der Waals surface area (Å²) in [5.74, 6) is 0.908. The number of hydrogen-bond acceptors (Lipinski definition) is 5. The molecule has 0 unspecified atom stereocenters. The molecule has 1 amide bonds. The van der Waals surface area contributed by atoms with E-state index in [2.05, 4.69) is 15.1 Å². The molecular formula is C19H23ClN6O2. The maximum absolute atomic E-state index is 12.8. The Bertz CT molecular complexity index is 953. The van der Waals surface area contributed by atoms with E-state index < -0.39 is 0 Å². The van der Waals surface area contributed by atoms with Crippen molar-refractivity contribution >= 4 is 17.5 Å². The van der Waals surface area contributed by atoms with Crippen LogP contribution in [0, 0.1) is 13.8 Å². The van der Waals surface area contributed by atoms with Gasteiger partial charge >= 0.3 is 0 Å². The molecule has 0 N–H and O–H groups in total. The van der Waals surface area contributed by atoms with Crippen molar-refractivity contribution in [2.75, 3.05) is 26.2 Å². The molecule has 4 rings (SSSR count). The summed E-state index contributed by atoms with van der Waals surface area (Å²) in [5.41, 5.74) is 2.12. The van der Waals surface area contributed by atoms with E-state index in [0.717, 1.165) is 36.8 Å². The minimum Gasteiger partial charge on any atom is -0.468 e. The molecule has 0 bridgehead atoms. The largest absolute Gasteiger partial charge is 0.468 e. The zero-order valence-corrected chi connectivity index (χ0v) is 16.8. The number of carbonyl (C=O) groups excluding carboxylic acids is 1. The lowest BCUT2D eigenvalue weighted by atomic mass is 10.2. The van der Waals surface area contributed by atoms with Crippen LogP contribution < -0.4 is 0 Å². The summed E-state index contributed by atoms with van der Waals surface area (Å²) in [4.78, 5) is 16.9. The topological polar surface area (TPSA) is 72.3 Å². The van der Waals surface area contributed by atoms with Gasteiger partial charge in [0.1, 0.15) is 18.1 Å². The van der Waals surface area contributed by atoms with Crippen LogP contribution in [0.1, 0.15) is 27.6 Å². The van der Waals surface area contributed by atoms with Gasteiger partial charge in [0.15, 0.2) is 0 Å². The number of piperazine rings is 1. The first-order valence-electron chi connectivity index (χ1n) is 9.28. The van der Waals surface area contributed by atoms with Crippen LogP contribution in [0.15, 0.2) is 35.1 Å². The third kappa shape index (κ3) is 3.83. The smallest absolute Gasteiger partial charge is 0.274 e. The van der Waals surface area contributed by atoms with Gasteiger partial charge in [-0.3, -0.25) is 14.4 Å². The van der Waals surface area contributed by atoms with E-state index >= 15 is 0 Å². The predicted molar refractivity (Wildman–Crippen MR) is 104 cm³/mol. The Kier molecular flexibility index (Phi) is 5.23. The Labute approximate surface area is 168 Å². The molecule has 0 saturated carbocycles. The number of carbonyl (C=O) groups is 1. The van der Waals surface area contributed by atoms with Crippen LogP contribution >= 0.6 is 11.6 Å². The molecule has 8 nitrogen and oxygen atoms in total. The van der Waals surface area contributed by atoms with E-state index in [0.29, 0.717) is 30.5 Å². The molecule has 1 aliphatic rings. The van der Waals surface area contributed by atoms with Crippen LogP contribution in [0.2, 0.25) is 5.02 Å². The Balaban J connectivity index is 1.35. The maximum Gasteiger partial charge on any atom is 0.274 e. The summed E-state index contributed by atoms with van der Waals surface area (Å²) in [6.45, 7) is 7.97. The highest BCUT2D eigenvalue weighted by molar-refractivity contribution is 6.31. The number of furan rings is 1. The van der Waals surface area contributed by atoms with Crippen molar-refractivity contribution in [1.29, 1.82) is 0 Å². The molecule has 1 aliphatic heterocycles. The molecule has 3 aromatic rings. The summed E-state index contributed by atoms with van der Waals surface area (Å²) in [7, 11) is 0. The number of rotatable bonds is 5. The van der Waals surface area contributed by atoms with Gasteiger partial charge in [-0.25, -0.2) is 4.68 Å². The predicted octanol–water partition coefficient (Wildman–Crippen LogP) is 2.41. The molecule has 9 heteroatoms. The van der Waals surface area contributed by atoms with Crippen LogP contribution in [0.4, 0.5) is 0 Å². The lowest BCUT2D eigenvalue weighted by molar-refractivity contribution is 0.0613. The lowest BCUT2D eigenvalue weighted by Gasteiger charge is -2.33. The number of hydrogen-bond donors (Lipinski definition) is 0. The van der Waals surface area contributed by atoms with E-state index in [1.54, 1.807) is 27.9 Å². The molecule has 4 heterocycles. The van der Waals surface area contributed by atoms with Gasteiger partial charge in [-0.2, -0.15) is 10.2 Å². The second-order valence-corrected chi connectivity index (χ2v) is 7.39. The molecule has 0 aromatic carbocycles. The average Bonchev–Trinajstić information content (AvgIpc) is 3.42. The molecule has 0 atom stereocenters. The number of amides is 1. The highest BCUT2D eigenvalue weighted by Crippen LogP contribution is 2.19. The Morgan fingerprint density at radius 1 is 1.18 bits per heavy atom. The van der Waals surface area contributed by atoms with E-state index in [4.69, 9.17) is 16.0 Å². The average molecular weight is 403 g/mol. The number of aryl methyl sites for hydroxylation is 1. The van der Waals surface area contributed by atoms with Crippen LogP contribution in [-0.4, -0.2) is 61.4 Å². The standard InChI is InChI=1S/C19H23ClN6O2/c1-14-18(20)15(2)26(21-14)13-25-6-5-17(22-25)19(27)24-9-7-23(8-10-24)12-16-4-3-11-28-16/h3-6,11H,7-10,12-13H2,1-2H3. The van der Waals surface area contributed by atoms with E-state index in [1.807, 2.05) is 30.9 Å². The fourth-order valence-electron chi connectivity index (χ4n) is 3.40. The zero-order chi connectivity index (χ0) is 19.7. The van der Waals surface area contributed by atoms with Crippen LogP contribution in [0.25, 0.3) is 0 Å². The van der Waals surface area contributed by atoms with E-state index in [1.165, 1.54) is 0 Å². The molecule has 148 valence electrons. The second-order valence-electron chi connectivity index (χ2n) is 7.01. The Morgan fingerprint density at radius 2 is 1.96 bits per heavy atom. The van der Waals surface area contributed by atoms with E-state index in [9.17, 15) is 4.79 Å². The summed E-state index contributed by atoms with van der Waals surface area (Å²) >= 11 is 6.19. The molecule has 3 aromatic heterocycles. The van der Waals surface area contributed by atoms with Gasteiger partial charge in [0.05, 0.1) is 29.2 Å². The second kappa shape index (κ2) is 7.81. The van der Waals surface area contributed by atoms with Crippen molar-refractivity contribution in [1.82, 2.24) is 29.4 Å². The van der Waals surface area contributed by atoms with Crippen molar-refractivity contribution in [3.8, 4) is 0 Å². The van der Waals surface area contributed by atoms with Gasteiger partial charge in [0.25, 0.3) is 5.91 Å². The van der Waals surface area contributed by atoms with Gasteiger partial charge in [-0.05, 0) is 32.0 Å². The molecule has 0 radical (unpaired) electrons. The third-order valence-electron chi connectivity index (χ3n) is 5.05. The zero-order valence-electron chi connectivity index (χ0n) is 16.0. The first-order chi connectivity index (χ1) is 13.5. The first-order valence-corrected chi connectivity index (χ1v) is 9.66. The maximum atomic E-state index is 12.8. The highest BCUT2D eigenvalue weighted by atomic mass is 35.5. The molecule has 1 saturated heterocycles. The minimum absolute atomic E-state index is 0.0391. The lowest BCUT2D eigenvalue weighted by Crippen LogP contribution is -2.48. The molecular weight excluding hydrogens is 380 g/mol. The Morgan fingerprint density at radius 3 is 2.61 bits per heavy atom. The monoisotopic (exact) mass is 402 g/mol. The normalized spacial score (nSPS) is 15.3. The van der Waals surface area contributed by atoms with Crippen molar-refractivity contribution in [3.05, 3.63) is 58.5 Å². The molecule has 1 fully saturated rings. The van der Waals surface area contributed by atoms with Crippen LogP contribution in [0.3, 0.4) is 0 Å². The minimum atomic E-state index is -0.0391. The van der Waals surface area contributed by atoms with Gasteiger partial charge in [0, 0.05) is 32.4 Å². The summed E-state index contributed by atoms with van der Waals surface area (Å²) in [6, 6.07) is 5.62.